The van der Waals surface area contributed by atoms with Crippen LogP contribution in [0.1, 0.15) is 10.4 Å². The molecule has 130 valence electrons. The van der Waals surface area contributed by atoms with Crippen molar-refractivity contribution in [2.24, 2.45) is 4.40 Å². The monoisotopic (exact) mass is 361 g/mol. The summed E-state index contributed by atoms with van der Waals surface area (Å²) in [4.78, 5) is 25.5. The second-order valence-corrected chi connectivity index (χ2v) is 7.09. The van der Waals surface area contributed by atoms with Crippen LogP contribution < -0.4 is 5.32 Å². The van der Waals surface area contributed by atoms with Gasteiger partial charge in [-0.05, 0) is 36.4 Å². The number of amides is 1. The molecule has 1 amide bonds. The van der Waals surface area contributed by atoms with Crippen molar-refractivity contribution in [2.75, 3.05) is 24.7 Å². The van der Waals surface area contributed by atoms with Crippen molar-refractivity contribution < 1.29 is 22.7 Å². The Bertz CT molecular complexity index is 914. The van der Waals surface area contributed by atoms with Crippen molar-refractivity contribution in [3.63, 3.8) is 0 Å². The molecule has 0 aliphatic carbocycles. The number of allylic oxidation sites excluding steroid dienone is 2. The van der Waals surface area contributed by atoms with Gasteiger partial charge in [-0.2, -0.15) is 0 Å². The lowest BCUT2D eigenvalue weighted by Crippen LogP contribution is -2.40. The predicted octanol–water partition coefficient (Wildman–Crippen LogP) is 0.909. The fraction of sp³-hybridized carbons (Fsp3) is 0.188. The SMILES string of the molecule is COC(=O)c1ccc(NC(=O)C2=CC=CN3CCS(=O)(=O)N=C23)cc1. The third-order valence-corrected chi connectivity index (χ3v) is 4.82. The molecule has 3 rings (SSSR count). The second-order valence-electron chi connectivity index (χ2n) is 5.34. The highest BCUT2D eigenvalue weighted by molar-refractivity contribution is 7.90. The standard InChI is InChI=1S/C16H15N3O5S/c1-24-16(21)11-4-6-12(7-5-11)17-15(20)13-3-2-8-19-9-10-25(22,23)18-14(13)19/h2-8H,9-10H2,1H3,(H,17,20). The van der Waals surface area contributed by atoms with Crippen molar-refractivity contribution in [1.29, 1.82) is 0 Å². The van der Waals surface area contributed by atoms with Gasteiger partial charge in [0, 0.05) is 18.4 Å². The van der Waals surface area contributed by atoms with Gasteiger partial charge in [0.05, 0.1) is 24.0 Å². The summed E-state index contributed by atoms with van der Waals surface area (Å²) in [6.45, 7) is 0.246. The number of benzene rings is 1. The van der Waals surface area contributed by atoms with Gasteiger partial charge < -0.3 is 15.0 Å². The van der Waals surface area contributed by atoms with Gasteiger partial charge in [-0.15, -0.1) is 4.40 Å². The number of nitrogens with zero attached hydrogens (tertiary/aromatic N) is 2. The van der Waals surface area contributed by atoms with Crippen LogP contribution in [0.25, 0.3) is 0 Å². The molecule has 1 N–H and O–H groups in total. The molecule has 0 radical (unpaired) electrons. The number of esters is 1. The maximum absolute atomic E-state index is 12.5. The number of rotatable bonds is 3. The first kappa shape index (κ1) is 16.9. The Morgan fingerprint density at radius 2 is 1.96 bits per heavy atom. The molecule has 2 aliphatic rings. The molecule has 0 spiro atoms. The molecular weight excluding hydrogens is 346 g/mol. The van der Waals surface area contributed by atoms with E-state index in [2.05, 4.69) is 14.5 Å². The first-order chi connectivity index (χ1) is 11.9. The van der Waals surface area contributed by atoms with E-state index in [9.17, 15) is 18.0 Å². The Kier molecular flexibility index (Phi) is 4.41. The van der Waals surface area contributed by atoms with Gasteiger partial charge in [0.25, 0.3) is 15.9 Å². The third kappa shape index (κ3) is 3.61. The van der Waals surface area contributed by atoms with Gasteiger partial charge in [0.2, 0.25) is 0 Å². The lowest BCUT2D eigenvalue weighted by molar-refractivity contribution is -0.112. The molecule has 9 heteroatoms. The molecule has 0 saturated heterocycles. The summed E-state index contributed by atoms with van der Waals surface area (Å²) in [5.74, 6) is -0.950. The summed E-state index contributed by atoms with van der Waals surface area (Å²) >= 11 is 0. The third-order valence-electron chi connectivity index (χ3n) is 3.67. The molecule has 2 aliphatic heterocycles. The van der Waals surface area contributed by atoms with Crippen LogP contribution in [0.5, 0.6) is 0 Å². The minimum Gasteiger partial charge on any atom is -0.465 e. The largest absolute Gasteiger partial charge is 0.465 e. The lowest BCUT2D eigenvalue weighted by atomic mass is 10.1. The minimum atomic E-state index is -3.57. The molecule has 0 unspecified atom stereocenters. The van der Waals surface area contributed by atoms with E-state index in [4.69, 9.17) is 0 Å². The van der Waals surface area contributed by atoms with Gasteiger partial charge in [-0.1, -0.05) is 0 Å². The van der Waals surface area contributed by atoms with E-state index >= 15 is 0 Å². The van der Waals surface area contributed by atoms with Crippen molar-refractivity contribution in [3.8, 4) is 0 Å². The Hall–Kier alpha value is -2.94. The van der Waals surface area contributed by atoms with Crippen molar-refractivity contribution in [1.82, 2.24) is 4.90 Å². The van der Waals surface area contributed by atoms with E-state index in [1.165, 1.54) is 25.3 Å². The molecule has 0 atom stereocenters. The summed E-state index contributed by atoms with van der Waals surface area (Å²) in [5, 5.41) is 2.66. The first-order valence-corrected chi connectivity index (χ1v) is 8.98. The Morgan fingerprint density at radius 3 is 2.64 bits per heavy atom. The van der Waals surface area contributed by atoms with Crippen molar-refractivity contribution in [3.05, 3.63) is 53.8 Å². The lowest BCUT2D eigenvalue weighted by Gasteiger charge is -2.28. The summed E-state index contributed by atoms with van der Waals surface area (Å²) in [6, 6.07) is 6.15. The molecule has 25 heavy (non-hydrogen) atoms. The minimum absolute atomic E-state index is 0.0925. The Balaban J connectivity index is 1.81. The van der Waals surface area contributed by atoms with Gasteiger partial charge in [0.1, 0.15) is 0 Å². The molecule has 0 fully saturated rings. The van der Waals surface area contributed by atoms with Crippen molar-refractivity contribution in [2.45, 2.75) is 0 Å². The highest BCUT2D eigenvalue weighted by atomic mass is 32.2. The predicted molar refractivity (Wildman–Crippen MR) is 91.6 cm³/mol. The molecule has 8 nitrogen and oxygen atoms in total. The van der Waals surface area contributed by atoms with Crippen LogP contribution in [0.4, 0.5) is 5.69 Å². The number of amidine groups is 1. The zero-order chi connectivity index (χ0) is 18.0. The van der Waals surface area contributed by atoms with Crippen LogP contribution in [-0.4, -0.2) is 50.4 Å². The summed E-state index contributed by atoms with van der Waals surface area (Å²) < 4.78 is 31.8. The van der Waals surface area contributed by atoms with Crippen LogP contribution in [0.15, 0.2) is 52.6 Å². The number of hydrogen-bond donors (Lipinski definition) is 1. The van der Waals surface area contributed by atoms with Crippen LogP contribution in [0, 0.1) is 0 Å². The Morgan fingerprint density at radius 1 is 1.24 bits per heavy atom. The van der Waals surface area contributed by atoms with Crippen LogP contribution in [0.3, 0.4) is 0 Å². The summed E-state index contributed by atoms with van der Waals surface area (Å²) in [5.41, 5.74) is 0.969. The van der Waals surface area contributed by atoms with Crippen molar-refractivity contribution >= 4 is 33.4 Å². The zero-order valence-corrected chi connectivity index (χ0v) is 14.1. The Labute approximate surface area is 144 Å². The smallest absolute Gasteiger partial charge is 0.337 e. The second kappa shape index (κ2) is 6.52. The molecule has 1 aromatic rings. The molecule has 0 bridgehead atoms. The molecule has 0 saturated carbocycles. The average Bonchev–Trinajstić information content (AvgIpc) is 2.60. The average molecular weight is 361 g/mol. The summed E-state index contributed by atoms with van der Waals surface area (Å²) in [6.07, 6.45) is 4.84. The normalized spacial score (nSPS) is 17.9. The molecular formula is C16H15N3O5S. The fourth-order valence-corrected chi connectivity index (χ4v) is 3.38. The fourth-order valence-electron chi connectivity index (χ4n) is 2.40. The highest BCUT2D eigenvalue weighted by Crippen LogP contribution is 2.19. The number of carbonyl (C=O) groups excluding carboxylic acids is 2. The number of nitrogens with one attached hydrogen (secondary N) is 1. The highest BCUT2D eigenvalue weighted by Gasteiger charge is 2.29. The topological polar surface area (TPSA) is 105 Å². The number of sulfonamides is 1. The maximum Gasteiger partial charge on any atom is 0.337 e. The maximum atomic E-state index is 12.5. The van der Waals surface area contributed by atoms with E-state index < -0.39 is 21.9 Å². The number of fused-ring (bicyclic) bond motifs is 1. The molecule has 0 aromatic heterocycles. The van der Waals surface area contributed by atoms with Gasteiger partial charge >= 0.3 is 5.97 Å². The van der Waals surface area contributed by atoms with E-state index in [0.717, 1.165) is 0 Å². The number of carbonyl (C=O) groups is 2. The molecule has 2 heterocycles. The van der Waals surface area contributed by atoms with Crippen LogP contribution in [0.2, 0.25) is 0 Å². The number of methoxy groups -OCH3 is 1. The van der Waals surface area contributed by atoms with E-state index in [0.29, 0.717) is 11.3 Å². The van der Waals surface area contributed by atoms with Gasteiger partial charge in [-0.25, -0.2) is 13.2 Å². The van der Waals surface area contributed by atoms with E-state index in [1.807, 2.05) is 0 Å². The van der Waals surface area contributed by atoms with Crippen LogP contribution >= 0.6 is 0 Å². The van der Waals surface area contributed by atoms with Crippen LogP contribution in [-0.2, 0) is 19.6 Å². The number of hydrogen-bond acceptors (Lipinski definition) is 6. The number of ether oxygens (including phenoxy) is 1. The van der Waals surface area contributed by atoms with Gasteiger partial charge in [-0.3, -0.25) is 4.79 Å². The summed E-state index contributed by atoms with van der Waals surface area (Å²) in [7, 11) is -2.29. The van der Waals surface area contributed by atoms with E-state index in [-0.39, 0.29) is 23.7 Å². The zero-order valence-electron chi connectivity index (χ0n) is 13.3. The first-order valence-electron chi connectivity index (χ1n) is 7.37. The quantitative estimate of drug-likeness (QED) is 0.803. The van der Waals surface area contributed by atoms with Gasteiger partial charge in [0.15, 0.2) is 5.84 Å². The van der Waals surface area contributed by atoms with E-state index in [1.54, 1.807) is 29.3 Å². The molecule has 1 aromatic carbocycles. The number of anilines is 1.